The molecule has 0 aliphatic heterocycles. The number of pyridine rings is 1. The number of non-ortho nitro benzene ring substituents is 1. The van der Waals surface area contributed by atoms with Crippen LogP contribution in [0, 0.1) is 10.1 Å². The monoisotopic (exact) mass is 286 g/mol. The van der Waals surface area contributed by atoms with Crippen LogP contribution in [0.2, 0.25) is 0 Å². The van der Waals surface area contributed by atoms with Crippen LogP contribution in [-0.2, 0) is 6.42 Å². The Labute approximate surface area is 121 Å². The summed E-state index contributed by atoms with van der Waals surface area (Å²) < 4.78 is 0. The first-order valence-corrected chi connectivity index (χ1v) is 6.51. The second-order valence-corrected chi connectivity index (χ2v) is 4.55. The zero-order valence-corrected chi connectivity index (χ0v) is 11.4. The number of aromatic carboxylic acids is 1. The number of carboxylic acids is 1. The van der Waals surface area contributed by atoms with E-state index in [1.807, 2.05) is 6.92 Å². The molecule has 1 N–H and O–H groups in total. The van der Waals surface area contributed by atoms with Gasteiger partial charge in [0, 0.05) is 17.7 Å². The van der Waals surface area contributed by atoms with Gasteiger partial charge in [0.1, 0.15) is 0 Å². The van der Waals surface area contributed by atoms with E-state index in [4.69, 9.17) is 5.11 Å². The molecule has 21 heavy (non-hydrogen) atoms. The lowest BCUT2D eigenvalue weighted by Gasteiger charge is -2.07. The van der Waals surface area contributed by atoms with E-state index >= 15 is 0 Å². The van der Waals surface area contributed by atoms with E-state index < -0.39 is 10.9 Å². The molecule has 0 bridgehead atoms. The minimum atomic E-state index is -0.999. The molecule has 0 saturated carbocycles. The van der Waals surface area contributed by atoms with Crippen LogP contribution in [0.15, 0.2) is 36.4 Å². The highest BCUT2D eigenvalue weighted by Crippen LogP contribution is 2.22. The van der Waals surface area contributed by atoms with E-state index in [9.17, 15) is 14.9 Å². The molecular weight excluding hydrogens is 272 g/mol. The molecule has 0 amide bonds. The first kappa shape index (κ1) is 14.6. The van der Waals surface area contributed by atoms with Gasteiger partial charge in [0.15, 0.2) is 0 Å². The molecule has 1 heterocycles. The van der Waals surface area contributed by atoms with Gasteiger partial charge in [-0.2, -0.15) is 0 Å². The minimum Gasteiger partial charge on any atom is -0.478 e. The Morgan fingerprint density at radius 2 is 1.90 bits per heavy atom. The predicted molar refractivity (Wildman–Crippen MR) is 77.3 cm³/mol. The third-order valence-corrected chi connectivity index (χ3v) is 3.07. The van der Waals surface area contributed by atoms with Crippen molar-refractivity contribution in [3.8, 4) is 11.3 Å². The smallest absolute Gasteiger partial charge is 0.337 e. The zero-order valence-electron chi connectivity index (χ0n) is 11.4. The summed E-state index contributed by atoms with van der Waals surface area (Å²) in [7, 11) is 0. The minimum absolute atomic E-state index is 0.00897. The molecule has 0 spiro atoms. The fraction of sp³-hybridized carbons (Fsp3) is 0.200. The maximum Gasteiger partial charge on any atom is 0.337 e. The SMILES string of the molecule is CCCc1nc(-c2ccc([N+](=O)[O-])cc2)ccc1C(=O)O. The number of aromatic nitrogens is 1. The molecular formula is C15H14N2O4. The number of hydrogen-bond donors (Lipinski definition) is 1. The summed E-state index contributed by atoms with van der Waals surface area (Å²) in [6.07, 6.45) is 1.36. The van der Waals surface area contributed by atoms with Crippen LogP contribution in [0.4, 0.5) is 5.69 Å². The van der Waals surface area contributed by atoms with Crippen molar-refractivity contribution in [2.75, 3.05) is 0 Å². The Kier molecular flexibility index (Phi) is 4.27. The molecule has 0 radical (unpaired) electrons. The van der Waals surface area contributed by atoms with Gasteiger partial charge in [-0.05, 0) is 30.7 Å². The van der Waals surface area contributed by atoms with Crippen molar-refractivity contribution in [3.05, 3.63) is 57.8 Å². The van der Waals surface area contributed by atoms with Crippen molar-refractivity contribution < 1.29 is 14.8 Å². The average molecular weight is 286 g/mol. The topological polar surface area (TPSA) is 93.3 Å². The molecule has 1 aromatic carbocycles. The maximum absolute atomic E-state index is 11.1. The fourth-order valence-electron chi connectivity index (χ4n) is 2.04. The third-order valence-electron chi connectivity index (χ3n) is 3.07. The molecule has 6 nitrogen and oxygen atoms in total. The van der Waals surface area contributed by atoms with Crippen LogP contribution < -0.4 is 0 Å². The summed E-state index contributed by atoms with van der Waals surface area (Å²) in [5, 5.41) is 19.8. The first-order chi connectivity index (χ1) is 10.0. The van der Waals surface area contributed by atoms with Crippen LogP contribution in [-0.4, -0.2) is 21.0 Å². The van der Waals surface area contributed by atoms with Gasteiger partial charge in [0.25, 0.3) is 5.69 Å². The Morgan fingerprint density at radius 1 is 1.24 bits per heavy atom. The van der Waals surface area contributed by atoms with Gasteiger partial charge in [-0.15, -0.1) is 0 Å². The van der Waals surface area contributed by atoms with Crippen molar-refractivity contribution >= 4 is 11.7 Å². The predicted octanol–water partition coefficient (Wildman–Crippen LogP) is 3.31. The molecule has 0 unspecified atom stereocenters. The van der Waals surface area contributed by atoms with Crippen LogP contribution >= 0.6 is 0 Å². The molecule has 0 aliphatic carbocycles. The van der Waals surface area contributed by atoms with Gasteiger partial charge < -0.3 is 5.11 Å². The molecule has 0 fully saturated rings. The van der Waals surface area contributed by atoms with Crippen molar-refractivity contribution in [2.24, 2.45) is 0 Å². The Hall–Kier alpha value is -2.76. The molecule has 108 valence electrons. The van der Waals surface area contributed by atoms with Crippen LogP contribution in [0.3, 0.4) is 0 Å². The standard InChI is InChI=1S/C15H14N2O4/c1-2-3-14-12(15(18)19)8-9-13(16-14)10-4-6-11(7-5-10)17(20)21/h4-9H,2-3H2,1H3,(H,18,19). The van der Waals surface area contributed by atoms with Gasteiger partial charge in [0.05, 0.1) is 21.9 Å². The van der Waals surface area contributed by atoms with Gasteiger partial charge in [0.2, 0.25) is 0 Å². The molecule has 2 rings (SSSR count). The summed E-state index contributed by atoms with van der Waals surface area (Å²) >= 11 is 0. The molecule has 2 aromatic rings. The highest BCUT2D eigenvalue weighted by molar-refractivity contribution is 5.89. The Balaban J connectivity index is 2.42. The van der Waals surface area contributed by atoms with E-state index in [-0.39, 0.29) is 11.3 Å². The molecule has 1 aromatic heterocycles. The summed E-state index contributed by atoms with van der Waals surface area (Å²) in [6.45, 7) is 1.95. The number of carboxylic acid groups (broad SMARTS) is 1. The summed E-state index contributed by atoms with van der Waals surface area (Å²) in [4.78, 5) is 25.7. The number of rotatable bonds is 5. The molecule has 0 aliphatic rings. The van der Waals surface area contributed by atoms with Gasteiger partial charge >= 0.3 is 5.97 Å². The normalized spacial score (nSPS) is 10.3. The third kappa shape index (κ3) is 3.22. The van der Waals surface area contributed by atoms with E-state index in [2.05, 4.69) is 4.98 Å². The number of aryl methyl sites for hydroxylation is 1. The number of nitrogens with zero attached hydrogens (tertiary/aromatic N) is 2. The van der Waals surface area contributed by atoms with Crippen LogP contribution in [0.5, 0.6) is 0 Å². The van der Waals surface area contributed by atoms with Crippen molar-refractivity contribution in [3.63, 3.8) is 0 Å². The first-order valence-electron chi connectivity index (χ1n) is 6.51. The lowest BCUT2D eigenvalue weighted by molar-refractivity contribution is -0.384. The van der Waals surface area contributed by atoms with Crippen LogP contribution in [0.1, 0.15) is 29.4 Å². The molecule has 0 atom stereocenters. The highest BCUT2D eigenvalue weighted by atomic mass is 16.6. The van der Waals surface area contributed by atoms with Gasteiger partial charge in [-0.3, -0.25) is 15.1 Å². The van der Waals surface area contributed by atoms with E-state index in [0.29, 0.717) is 17.8 Å². The number of hydrogen-bond acceptors (Lipinski definition) is 4. The zero-order chi connectivity index (χ0) is 15.4. The summed E-state index contributed by atoms with van der Waals surface area (Å²) in [6, 6.07) is 9.16. The van der Waals surface area contributed by atoms with Crippen molar-refractivity contribution in [1.29, 1.82) is 0 Å². The van der Waals surface area contributed by atoms with Crippen molar-refractivity contribution in [2.45, 2.75) is 19.8 Å². The number of carbonyl (C=O) groups is 1. The second-order valence-electron chi connectivity index (χ2n) is 4.55. The average Bonchev–Trinajstić information content (AvgIpc) is 2.47. The fourth-order valence-corrected chi connectivity index (χ4v) is 2.04. The highest BCUT2D eigenvalue weighted by Gasteiger charge is 2.13. The summed E-state index contributed by atoms with van der Waals surface area (Å²) in [5.41, 5.74) is 2.06. The van der Waals surface area contributed by atoms with E-state index in [1.54, 1.807) is 18.2 Å². The van der Waals surface area contributed by atoms with Crippen molar-refractivity contribution in [1.82, 2.24) is 4.98 Å². The Bertz CT molecular complexity index is 681. The largest absolute Gasteiger partial charge is 0.478 e. The Morgan fingerprint density at radius 3 is 2.43 bits per heavy atom. The lowest BCUT2D eigenvalue weighted by atomic mass is 10.1. The lowest BCUT2D eigenvalue weighted by Crippen LogP contribution is -2.05. The summed E-state index contributed by atoms with van der Waals surface area (Å²) in [5.74, 6) is -0.999. The number of nitro groups is 1. The van der Waals surface area contributed by atoms with Gasteiger partial charge in [-0.1, -0.05) is 13.3 Å². The van der Waals surface area contributed by atoms with Gasteiger partial charge in [-0.25, -0.2) is 4.79 Å². The van der Waals surface area contributed by atoms with E-state index in [0.717, 1.165) is 12.0 Å². The molecule has 0 saturated heterocycles. The molecule has 6 heteroatoms. The van der Waals surface area contributed by atoms with Crippen LogP contribution in [0.25, 0.3) is 11.3 Å². The maximum atomic E-state index is 11.1. The number of benzene rings is 1. The van der Waals surface area contributed by atoms with E-state index in [1.165, 1.54) is 18.2 Å². The number of nitro benzene ring substituents is 1. The second kappa shape index (κ2) is 6.13. The quantitative estimate of drug-likeness (QED) is 0.672.